The van der Waals surface area contributed by atoms with Crippen molar-refractivity contribution in [3.8, 4) is 0 Å². The first-order chi connectivity index (χ1) is 7.61. The Labute approximate surface area is 96.6 Å². The lowest BCUT2D eigenvalue weighted by Gasteiger charge is -2.13. The van der Waals surface area contributed by atoms with Crippen LogP contribution in [0.15, 0.2) is 17.1 Å². The van der Waals surface area contributed by atoms with Crippen LogP contribution in [-0.4, -0.2) is 44.1 Å². The molecule has 1 aliphatic heterocycles. The second-order valence-electron chi connectivity index (χ2n) is 3.36. The Morgan fingerprint density at radius 1 is 1.65 bits per heavy atom. The van der Waals surface area contributed by atoms with E-state index in [0.717, 1.165) is 4.57 Å². The summed E-state index contributed by atoms with van der Waals surface area (Å²) >= 11 is 0. The van der Waals surface area contributed by atoms with Gasteiger partial charge in [0.25, 0.3) is 0 Å². The molecule has 0 amide bonds. The van der Waals surface area contributed by atoms with Crippen LogP contribution < -0.4 is 11.4 Å². The summed E-state index contributed by atoms with van der Waals surface area (Å²) in [6, 6.07) is 1.44. The van der Waals surface area contributed by atoms with Crippen LogP contribution in [0.25, 0.3) is 0 Å². The highest BCUT2D eigenvalue weighted by atomic mass is 16.6. The molecule has 1 aromatic rings. The molecule has 0 unspecified atom stereocenters. The van der Waals surface area contributed by atoms with Gasteiger partial charge in [-0.3, -0.25) is 4.57 Å². The number of hydrogen-bond acceptors (Lipinski definition) is 6. The molecule has 1 aliphatic rings. The number of aliphatic hydroxyl groups excluding tert-OH is 2. The van der Waals surface area contributed by atoms with Crippen molar-refractivity contribution in [3.05, 3.63) is 29.2 Å². The molecule has 0 aromatic carbocycles. The van der Waals surface area contributed by atoms with Crippen molar-refractivity contribution in [3.63, 3.8) is 0 Å². The van der Waals surface area contributed by atoms with Crippen LogP contribution >= 0.6 is 0 Å². The van der Waals surface area contributed by atoms with Gasteiger partial charge in [0.15, 0.2) is 0 Å². The van der Waals surface area contributed by atoms with Crippen LogP contribution in [0.2, 0.25) is 0 Å². The molecule has 1 saturated heterocycles. The number of nitrogens with zero attached hydrogens (tertiary/aromatic N) is 2. The highest BCUT2D eigenvalue weighted by molar-refractivity contribution is 5.23. The van der Waals surface area contributed by atoms with E-state index in [4.69, 9.17) is 15.6 Å². The summed E-state index contributed by atoms with van der Waals surface area (Å²) in [5.41, 5.74) is 4.74. The molecule has 0 spiro atoms. The molecule has 6 N–H and O–H groups in total. The molecule has 94 valence electrons. The normalized spacial score (nSPS) is 27.8. The maximum atomic E-state index is 11.4. The second kappa shape index (κ2) is 5.23. The van der Waals surface area contributed by atoms with Crippen molar-refractivity contribution in [1.82, 2.24) is 9.55 Å². The average Bonchev–Trinajstić information content (AvgIpc) is 2.59. The van der Waals surface area contributed by atoms with E-state index in [0.29, 0.717) is 0 Å². The topological polar surface area (TPSA) is 142 Å². The first-order valence-corrected chi connectivity index (χ1v) is 4.67. The number of aromatic nitrogens is 2. The Morgan fingerprint density at radius 3 is 2.88 bits per heavy atom. The Hall–Kier alpha value is -1.48. The molecule has 0 saturated carbocycles. The van der Waals surface area contributed by atoms with Gasteiger partial charge in [0.1, 0.15) is 18.1 Å². The molecule has 17 heavy (non-hydrogen) atoms. The molecular weight excluding hydrogens is 231 g/mol. The molecule has 1 fully saturated rings. The average molecular weight is 244 g/mol. The van der Waals surface area contributed by atoms with E-state index < -0.39 is 24.1 Å². The third kappa shape index (κ3) is 2.61. The summed E-state index contributed by atoms with van der Waals surface area (Å²) < 4.78 is 6.33. The molecule has 2 heterocycles. The number of aliphatic hydroxyl groups is 2. The lowest BCUT2D eigenvalue weighted by Crippen LogP contribution is -2.28. The fourth-order valence-corrected chi connectivity index (χ4v) is 1.43. The van der Waals surface area contributed by atoms with Crippen molar-refractivity contribution in [2.75, 3.05) is 12.3 Å². The van der Waals surface area contributed by atoms with Gasteiger partial charge in [-0.15, -0.1) is 0 Å². The van der Waals surface area contributed by atoms with Gasteiger partial charge in [-0.25, -0.2) is 4.79 Å². The summed E-state index contributed by atoms with van der Waals surface area (Å²) in [5, 5.41) is 18.3. The lowest BCUT2D eigenvalue weighted by molar-refractivity contribution is -0.0448. The summed E-state index contributed by atoms with van der Waals surface area (Å²) in [6.45, 7) is -0.345. The van der Waals surface area contributed by atoms with Gasteiger partial charge >= 0.3 is 5.69 Å². The summed E-state index contributed by atoms with van der Waals surface area (Å²) in [4.78, 5) is 15.0. The highest BCUT2D eigenvalue weighted by Gasteiger charge is 2.35. The number of nitrogen functional groups attached to an aromatic ring is 1. The predicted molar refractivity (Wildman–Crippen MR) is 56.8 cm³/mol. The molecule has 2 radical (unpaired) electrons. The maximum Gasteiger partial charge on any atom is 0.351 e. The van der Waals surface area contributed by atoms with Gasteiger partial charge in [-0.2, -0.15) is 4.98 Å². The fraction of sp³-hybridized carbons (Fsp3) is 0.444. The van der Waals surface area contributed by atoms with Crippen LogP contribution in [0.5, 0.6) is 0 Å². The lowest BCUT2D eigenvalue weighted by atomic mass is 10.3. The molecule has 8 nitrogen and oxygen atoms in total. The van der Waals surface area contributed by atoms with Crippen LogP contribution in [0.1, 0.15) is 6.23 Å². The monoisotopic (exact) mass is 244 g/mol. The number of ether oxygens (including phenoxy) is 1. The largest absolute Gasteiger partial charge is 0.412 e. The molecule has 0 bridgehead atoms. The van der Waals surface area contributed by atoms with E-state index in [1.165, 1.54) is 12.3 Å². The van der Waals surface area contributed by atoms with Crippen molar-refractivity contribution in [2.45, 2.75) is 18.4 Å². The standard InChI is InChI=1S/C9H11N3O4.H2O/c10-7-1-2-12(9(15)11-7)8-3-5(14)6(4-13)16-8;/h1-2,5-6,8,13-14H,4H2,(H2,10,11,15);1H2/t5-,6-,8-;/m1./s1/i3+1;. The zero-order valence-electron chi connectivity index (χ0n) is 8.78. The fourth-order valence-electron chi connectivity index (χ4n) is 1.43. The minimum atomic E-state index is -1.03. The smallest absolute Gasteiger partial charge is 0.351 e. The third-order valence-electron chi connectivity index (χ3n) is 2.25. The number of anilines is 1. The highest BCUT2D eigenvalue weighted by Crippen LogP contribution is 2.26. The number of rotatable bonds is 2. The molecule has 2 rings (SSSR count). The number of hydrogen-bond donors (Lipinski definition) is 3. The van der Waals surface area contributed by atoms with Gasteiger partial charge in [0, 0.05) is 6.20 Å². The molecular formula is C9H13N3O5. The van der Waals surface area contributed by atoms with Crippen LogP contribution in [0.3, 0.4) is 0 Å². The van der Waals surface area contributed by atoms with Crippen LogP contribution in [0.4, 0.5) is 5.82 Å². The predicted octanol–water partition coefficient (Wildman–Crippen LogP) is -2.67. The minimum Gasteiger partial charge on any atom is -0.412 e. The number of nitrogens with two attached hydrogens (primary N) is 1. The maximum absolute atomic E-state index is 11.4. The van der Waals surface area contributed by atoms with Gasteiger partial charge in [0.2, 0.25) is 0 Å². The summed E-state index contributed by atoms with van der Waals surface area (Å²) in [5.74, 6) is 0.110. The first kappa shape index (κ1) is 13.6. The van der Waals surface area contributed by atoms with E-state index in [1.54, 1.807) is 0 Å². The molecule has 1 aromatic heterocycles. The Kier molecular flexibility index (Phi) is 4.18. The van der Waals surface area contributed by atoms with Gasteiger partial charge in [-0.05, 0) is 6.07 Å². The Morgan fingerprint density at radius 2 is 2.35 bits per heavy atom. The van der Waals surface area contributed by atoms with Crippen molar-refractivity contribution < 1.29 is 20.4 Å². The molecule has 8 heteroatoms. The van der Waals surface area contributed by atoms with E-state index in [9.17, 15) is 9.90 Å². The van der Waals surface area contributed by atoms with Crippen LogP contribution in [-0.2, 0) is 4.74 Å². The molecule has 0 aliphatic carbocycles. The van der Waals surface area contributed by atoms with Crippen molar-refractivity contribution >= 4 is 5.82 Å². The summed E-state index contributed by atoms with van der Waals surface area (Å²) in [7, 11) is 0. The van der Waals surface area contributed by atoms with E-state index in [-0.39, 0.29) is 17.9 Å². The van der Waals surface area contributed by atoms with E-state index in [1.807, 2.05) is 0 Å². The minimum absolute atomic E-state index is 0. The zero-order chi connectivity index (χ0) is 11.7. The molecule has 3 atom stereocenters. The first-order valence-electron chi connectivity index (χ1n) is 4.67. The third-order valence-corrected chi connectivity index (χ3v) is 2.25. The van der Waals surface area contributed by atoms with Crippen molar-refractivity contribution in [2.24, 2.45) is 0 Å². The Bertz CT molecular complexity index is 435. The second-order valence-corrected chi connectivity index (χ2v) is 3.36. The van der Waals surface area contributed by atoms with E-state index in [2.05, 4.69) is 11.4 Å². The van der Waals surface area contributed by atoms with Gasteiger partial charge < -0.3 is 26.2 Å². The zero-order valence-corrected chi connectivity index (χ0v) is 8.78. The van der Waals surface area contributed by atoms with Crippen LogP contribution in [0, 0.1) is 6.42 Å². The SMILES string of the molecule is Nc1ccn([C@H]2[13C][C@@H](O)[C@@H](CO)O2)c(=O)n1.O. The van der Waals surface area contributed by atoms with Crippen molar-refractivity contribution in [1.29, 1.82) is 0 Å². The van der Waals surface area contributed by atoms with Gasteiger partial charge in [-0.1, -0.05) is 0 Å². The van der Waals surface area contributed by atoms with E-state index >= 15 is 0 Å². The quantitative estimate of drug-likeness (QED) is 0.484. The Balaban J connectivity index is 0.00000144. The van der Waals surface area contributed by atoms with Gasteiger partial charge in [0.05, 0.1) is 19.1 Å². The summed E-state index contributed by atoms with van der Waals surface area (Å²) in [6.07, 6.45) is 1.33.